The van der Waals surface area contributed by atoms with Gasteiger partial charge in [0.25, 0.3) is 0 Å². The van der Waals surface area contributed by atoms with Gasteiger partial charge < -0.3 is 4.74 Å². The maximum atomic E-state index is 12.1. The zero-order chi connectivity index (χ0) is 30.6. The van der Waals surface area contributed by atoms with Gasteiger partial charge in [0.15, 0.2) is 0 Å². The summed E-state index contributed by atoms with van der Waals surface area (Å²) in [5, 5.41) is 0.801. The molecule has 5 aromatic rings. The average Bonchev–Trinajstić information content (AvgIpc) is 2.97. The number of benzene rings is 5. The summed E-state index contributed by atoms with van der Waals surface area (Å²) in [7, 11) is 1.67. The monoisotopic (exact) mass is 842 g/mol. The third kappa shape index (κ3) is 30.4. The van der Waals surface area contributed by atoms with Gasteiger partial charge in [-0.05, 0) is 118 Å². The highest BCUT2D eigenvalue weighted by Crippen LogP contribution is 2.10. The highest BCUT2D eigenvalue weighted by molar-refractivity contribution is 14.1. The van der Waals surface area contributed by atoms with E-state index in [1.165, 1.54) is 38.0 Å². The van der Waals surface area contributed by atoms with E-state index in [2.05, 4.69) is 95.7 Å². The molecule has 0 fully saturated rings. The van der Waals surface area contributed by atoms with Gasteiger partial charge >= 0.3 is 0 Å². The summed E-state index contributed by atoms with van der Waals surface area (Å²) in [6.07, 6.45) is 0. The second-order valence-electron chi connectivity index (χ2n) is 9.20. The van der Waals surface area contributed by atoms with Crippen LogP contribution >= 0.6 is 50.1 Å². The minimum atomic E-state index is -0.171. The van der Waals surface area contributed by atoms with E-state index in [1.807, 2.05) is 74.5 Å². The molecular formula is C42H62BrClFIO. The third-order valence-corrected chi connectivity index (χ3v) is 6.80. The van der Waals surface area contributed by atoms with E-state index >= 15 is 0 Å². The third-order valence-electron chi connectivity index (χ3n) is 5.30. The smallest absolute Gasteiger partial charge is 0.123 e. The van der Waals surface area contributed by atoms with E-state index in [9.17, 15) is 4.39 Å². The van der Waals surface area contributed by atoms with E-state index < -0.39 is 0 Å². The summed E-state index contributed by atoms with van der Waals surface area (Å²) >= 11 is 11.3. The van der Waals surface area contributed by atoms with Gasteiger partial charge in [-0.3, -0.25) is 0 Å². The summed E-state index contributed by atoms with van der Waals surface area (Å²) in [6, 6.07) is 38.8. The van der Waals surface area contributed by atoms with Gasteiger partial charge in [-0.15, -0.1) is 0 Å². The van der Waals surface area contributed by atoms with Gasteiger partial charge in [0.05, 0.1) is 7.11 Å². The van der Waals surface area contributed by atoms with Crippen LogP contribution in [-0.4, -0.2) is 7.11 Å². The lowest BCUT2D eigenvalue weighted by molar-refractivity contribution is 0.414. The largest absolute Gasteiger partial charge is 0.497 e. The van der Waals surface area contributed by atoms with Gasteiger partial charge in [-0.1, -0.05) is 161 Å². The van der Waals surface area contributed by atoms with Crippen LogP contribution in [0.2, 0.25) is 5.02 Å². The minimum Gasteiger partial charge on any atom is -0.497 e. The van der Waals surface area contributed by atoms with Crippen LogP contribution in [0.15, 0.2) is 126 Å². The normalized spacial score (nSPS) is 8.04. The van der Waals surface area contributed by atoms with Gasteiger partial charge in [0, 0.05) is 13.1 Å². The molecular weight excluding hydrogens is 782 g/mol. The topological polar surface area (TPSA) is 9.23 Å². The number of hydrogen-bond acceptors (Lipinski definition) is 1. The zero-order valence-corrected chi connectivity index (χ0v) is 29.0. The van der Waals surface area contributed by atoms with Crippen molar-refractivity contribution >= 4 is 50.1 Å². The molecule has 0 heterocycles. The lowest BCUT2D eigenvalue weighted by Gasteiger charge is -1.97. The second-order valence-corrected chi connectivity index (χ2v) is 11.8. The van der Waals surface area contributed by atoms with Crippen LogP contribution in [0.4, 0.5) is 4.39 Å². The Morgan fingerprint density at radius 2 is 0.766 bits per heavy atom. The molecule has 0 unspecified atom stereocenters. The van der Waals surface area contributed by atoms with Gasteiger partial charge in [0.1, 0.15) is 11.6 Å². The van der Waals surface area contributed by atoms with Crippen LogP contribution in [0, 0.1) is 44.0 Å². The maximum Gasteiger partial charge on any atom is 0.123 e. The lowest BCUT2D eigenvalue weighted by Crippen LogP contribution is -1.80. The second kappa shape index (κ2) is 33.2. The van der Waals surface area contributed by atoms with Crippen molar-refractivity contribution in [2.45, 2.75) is 79.2 Å². The highest BCUT2D eigenvalue weighted by atomic mass is 127. The van der Waals surface area contributed by atoms with Gasteiger partial charge in [-0.2, -0.15) is 0 Å². The summed E-state index contributed by atoms with van der Waals surface area (Å²) in [4.78, 5) is 0. The fraction of sp³-hybridized carbons (Fsp3) is 0.286. The molecule has 0 amide bonds. The van der Waals surface area contributed by atoms with E-state index in [0.717, 1.165) is 20.8 Å². The van der Waals surface area contributed by atoms with Crippen molar-refractivity contribution in [1.29, 1.82) is 0 Å². The van der Waals surface area contributed by atoms with Crippen LogP contribution in [-0.2, 0) is 0 Å². The zero-order valence-electron chi connectivity index (χ0n) is 24.5. The van der Waals surface area contributed by atoms with Crippen LogP contribution in [0.25, 0.3) is 0 Å². The molecule has 1 nitrogen and oxygen atoms in total. The fourth-order valence-electron chi connectivity index (χ4n) is 2.81. The summed E-state index contributed by atoms with van der Waals surface area (Å²) in [6.45, 7) is 10.2. The Morgan fingerprint density at radius 3 is 1.02 bits per heavy atom. The molecule has 5 rings (SSSR count). The summed E-state index contributed by atoms with van der Waals surface area (Å²) in [5.74, 6) is 0.746. The van der Waals surface area contributed by atoms with Gasteiger partial charge in [0.2, 0.25) is 0 Å². The molecule has 0 aromatic heterocycles. The number of ether oxygens (including phenoxy) is 1. The first-order valence-electron chi connectivity index (χ1n) is 13.0. The highest BCUT2D eigenvalue weighted by Gasteiger charge is 1.86. The molecule has 0 saturated heterocycles. The van der Waals surface area contributed by atoms with Gasteiger partial charge in [-0.25, -0.2) is 4.39 Å². The average molecular weight is 844 g/mol. The van der Waals surface area contributed by atoms with Crippen molar-refractivity contribution in [3.05, 3.63) is 168 Å². The Hall–Kier alpha value is -2.67. The summed E-state index contributed by atoms with van der Waals surface area (Å²) in [5.41, 5.74) is 6.22. The molecule has 0 bridgehead atoms. The molecule has 5 heteroatoms. The molecule has 0 atom stereocenters. The van der Waals surface area contributed by atoms with E-state index in [1.54, 1.807) is 19.2 Å². The van der Waals surface area contributed by atoms with Crippen molar-refractivity contribution in [1.82, 2.24) is 0 Å². The molecule has 47 heavy (non-hydrogen) atoms. The van der Waals surface area contributed by atoms with Crippen molar-refractivity contribution in [3.63, 3.8) is 0 Å². The predicted molar refractivity (Wildman–Crippen MR) is 228 cm³/mol. The van der Waals surface area contributed by atoms with Crippen LogP contribution in [0.1, 0.15) is 72.4 Å². The van der Waals surface area contributed by atoms with Crippen LogP contribution < -0.4 is 4.74 Å². The van der Waals surface area contributed by atoms with E-state index in [-0.39, 0.29) is 50.4 Å². The first-order valence-corrected chi connectivity index (χ1v) is 15.2. The predicted octanol–water partition coefficient (Wildman–Crippen LogP) is 16.0. The SMILES string of the molecule is C.C.C.C.C.C.COc1ccc(C)cc1.Cc1ccc(Br)cc1.Cc1ccc(Cl)cc1.Cc1ccc(F)cc1.Cc1ccc(I)cc1. The van der Waals surface area contributed by atoms with Crippen LogP contribution in [0.5, 0.6) is 5.75 Å². The lowest BCUT2D eigenvalue weighted by atomic mass is 10.2. The van der Waals surface area contributed by atoms with Crippen molar-refractivity contribution in [3.8, 4) is 5.75 Å². The number of methoxy groups -OCH3 is 1. The van der Waals surface area contributed by atoms with E-state index in [4.69, 9.17) is 16.3 Å². The Bertz CT molecular complexity index is 1100. The van der Waals surface area contributed by atoms with Crippen LogP contribution in [0.3, 0.4) is 0 Å². The number of aryl methyl sites for hydroxylation is 5. The Kier molecular flexibility index (Phi) is 40.1. The molecule has 5 aromatic carbocycles. The number of rotatable bonds is 1. The fourth-order valence-corrected chi connectivity index (χ4v) is 3.56. The van der Waals surface area contributed by atoms with Crippen molar-refractivity contribution < 1.29 is 9.13 Å². The first kappa shape index (κ1) is 56.6. The minimum absolute atomic E-state index is 0. The Morgan fingerprint density at radius 1 is 0.489 bits per heavy atom. The Balaban J connectivity index is -0.000000108. The van der Waals surface area contributed by atoms with Crippen molar-refractivity contribution in [2.75, 3.05) is 7.11 Å². The summed E-state index contributed by atoms with van der Waals surface area (Å²) < 4.78 is 19.5. The van der Waals surface area contributed by atoms with E-state index in [0.29, 0.717) is 0 Å². The number of hydrogen-bond donors (Lipinski definition) is 0. The molecule has 0 aliphatic carbocycles. The maximum absolute atomic E-state index is 12.1. The Labute approximate surface area is 317 Å². The number of halogens is 4. The molecule has 0 aliphatic rings. The quantitative estimate of drug-likeness (QED) is 0.153. The molecule has 0 N–H and O–H groups in total. The van der Waals surface area contributed by atoms with Crippen molar-refractivity contribution in [2.24, 2.45) is 0 Å². The molecule has 264 valence electrons. The molecule has 0 spiro atoms. The molecule has 0 saturated carbocycles. The first-order chi connectivity index (χ1) is 19.5. The molecule has 0 aliphatic heterocycles. The standard InChI is InChI=1S/C8H10O.C7H7Br.C7H7Cl.C7H7F.C7H7I.6CH4/c1-7-3-5-8(9-2)6-4-7;4*1-6-2-4-7(8)5-3-6;;;;;;/h3-6H,1-2H3;4*2-5H,1H3;6*1H4. The molecule has 0 radical (unpaired) electrons.